The number of fused-ring (bicyclic) bond motifs is 1. The fourth-order valence-electron chi connectivity index (χ4n) is 3.30. The molecule has 0 bridgehead atoms. The Balaban J connectivity index is 2.17. The zero-order valence-corrected chi connectivity index (χ0v) is 16.6. The van der Waals surface area contributed by atoms with Gasteiger partial charge in [0.25, 0.3) is 5.56 Å². The molecule has 0 radical (unpaired) electrons. The zero-order valence-electron chi connectivity index (χ0n) is 16.6. The van der Waals surface area contributed by atoms with Gasteiger partial charge in [0.15, 0.2) is 17.2 Å². The number of hydrogen-bond acceptors (Lipinski definition) is 5. The monoisotopic (exact) mass is 385 g/mol. The number of nitrogens with zero attached hydrogens (tertiary/aromatic N) is 3. The molecule has 1 aromatic carbocycles. The average molecular weight is 385 g/mol. The Morgan fingerprint density at radius 2 is 1.93 bits per heavy atom. The summed E-state index contributed by atoms with van der Waals surface area (Å²) >= 11 is 0. The Hall–Kier alpha value is -2.80. The SMILES string of the molecule is COCCCCn1c(=O)c(C)nc2c(-c3cc(F)c(OC)cc3C)ccnc21. The van der Waals surface area contributed by atoms with Gasteiger partial charge in [-0.25, -0.2) is 14.4 Å². The van der Waals surface area contributed by atoms with E-state index in [1.807, 2.05) is 6.92 Å². The molecule has 2 aromatic heterocycles. The number of ether oxygens (including phenoxy) is 2. The van der Waals surface area contributed by atoms with Gasteiger partial charge >= 0.3 is 0 Å². The number of rotatable bonds is 7. The van der Waals surface area contributed by atoms with Crippen molar-refractivity contribution in [3.8, 4) is 16.9 Å². The van der Waals surface area contributed by atoms with Crippen LogP contribution in [0.25, 0.3) is 22.3 Å². The van der Waals surface area contributed by atoms with Gasteiger partial charge in [-0.05, 0) is 56.0 Å². The molecular weight excluding hydrogens is 361 g/mol. The molecular formula is C21H24FN3O3. The van der Waals surface area contributed by atoms with Crippen molar-refractivity contribution >= 4 is 11.2 Å². The summed E-state index contributed by atoms with van der Waals surface area (Å²) in [5, 5.41) is 0. The quantitative estimate of drug-likeness (QED) is 0.581. The predicted molar refractivity (Wildman–Crippen MR) is 106 cm³/mol. The van der Waals surface area contributed by atoms with Gasteiger partial charge in [0.2, 0.25) is 0 Å². The average Bonchev–Trinajstić information content (AvgIpc) is 2.69. The third-order valence-corrected chi connectivity index (χ3v) is 4.76. The molecule has 0 atom stereocenters. The molecule has 0 fully saturated rings. The summed E-state index contributed by atoms with van der Waals surface area (Å²) in [4.78, 5) is 21.6. The summed E-state index contributed by atoms with van der Waals surface area (Å²) in [7, 11) is 3.09. The molecule has 0 aliphatic carbocycles. The maximum Gasteiger partial charge on any atom is 0.273 e. The van der Waals surface area contributed by atoms with E-state index < -0.39 is 5.82 Å². The number of hydrogen-bond donors (Lipinski definition) is 0. The predicted octanol–water partition coefficient (Wildman–Crippen LogP) is 3.65. The lowest BCUT2D eigenvalue weighted by molar-refractivity contribution is 0.191. The summed E-state index contributed by atoms with van der Waals surface area (Å²) in [5.41, 5.74) is 3.59. The summed E-state index contributed by atoms with van der Waals surface area (Å²) in [5.74, 6) is -0.253. The number of pyridine rings is 1. The Kier molecular flexibility index (Phi) is 6.04. The number of aromatic nitrogens is 3. The van der Waals surface area contributed by atoms with Gasteiger partial charge in [0.1, 0.15) is 11.2 Å². The van der Waals surface area contributed by atoms with E-state index in [-0.39, 0.29) is 11.3 Å². The summed E-state index contributed by atoms with van der Waals surface area (Å²) < 4.78 is 26.1. The van der Waals surface area contributed by atoms with E-state index in [0.717, 1.165) is 24.0 Å². The first-order chi connectivity index (χ1) is 13.5. The lowest BCUT2D eigenvalue weighted by Crippen LogP contribution is -2.25. The van der Waals surface area contributed by atoms with E-state index in [1.165, 1.54) is 13.2 Å². The summed E-state index contributed by atoms with van der Waals surface area (Å²) in [6.07, 6.45) is 3.25. The van der Waals surface area contributed by atoms with Crippen LogP contribution in [0.3, 0.4) is 0 Å². The third kappa shape index (κ3) is 3.75. The Bertz CT molecular complexity index is 1060. The second-order valence-corrected chi connectivity index (χ2v) is 6.69. The molecule has 0 aliphatic rings. The van der Waals surface area contributed by atoms with Crippen LogP contribution in [-0.2, 0) is 11.3 Å². The van der Waals surface area contributed by atoms with Crippen LogP contribution < -0.4 is 10.3 Å². The van der Waals surface area contributed by atoms with Crippen molar-refractivity contribution in [2.24, 2.45) is 0 Å². The van der Waals surface area contributed by atoms with Gasteiger partial charge in [0, 0.05) is 32.0 Å². The molecule has 6 nitrogen and oxygen atoms in total. The largest absolute Gasteiger partial charge is 0.494 e. The smallest absolute Gasteiger partial charge is 0.273 e. The molecule has 0 saturated carbocycles. The molecule has 148 valence electrons. The van der Waals surface area contributed by atoms with Crippen LogP contribution in [0.4, 0.5) is 4.39 Å². The highest BCUT2D eigenvalue weighted by Gasteiger charge is 2.16. The van der Waals surface area contributed by atoms with Crippen LogP contribution in [0, 0.1) is 19.7 Å². The number of halogens is 1. The highest BCUT2D eigenvalue weighted by Crippen LogP contribution is 2.32. The van der Waals surface area contributed by atoms with E-state index in [2.05, 4.69) is 9.97 Å². The van der Waals surface area contributed by atoms with E-state index in [1.54, 1.807) is 36.9 Å². The fourth-order valence-corrected chi connectivity index (χ4v) is 3.30. The first-order valence-corrected chi connectivity index (χ1v) is 9.17. The van der Waals surface area contributed by atoms with Crippen molar-refractivity contribution in [1.29, 1.82) is 0 Å². The van der Waals surface area contributed by atoms with Crippen molar-refractivity contribution in [3.05, 3.63) is 51.8 Å². The molecule has 0 amide bonds. The molecule has 0 spiro atoms. The van der Waals surface area contributed by atoms with Crippen LogP contribution in [-0.4, -0.2) is 35.4 Å². The van der Waals surface area contributed by atoms with E-state index in [4.69, 9.17) is 9.47 Å². The number of unbranched alkanes of at least 4 members (excludes halogenated alkanes) is 1. The Labute approximate surface area is 163 Å². The number of aryl methyl sites for hydroxylation is 3. The molecule has 0 saturated heterocycles. The second kappa shape index (κ2) is 8.48. The van der Waals surface area contributed by atoms with Gasteiger partial charge in [0.05, 0.1) is 7.11 Å². The normalized spacial score (nSPS) is 11.2. The van der Waals surface area contributed by atoms with Gasteiger partial charge < -0.3 is 9.47 Å². The summed E-state index contributed by atoms with van der Waals surface area (Å²) in [6.45, 7) is 4.73. The van der Waals surface area contributed by atoms with Gasteiger partial charge in [-0.1, -0.05) is 0 Å². The van der Waals surface area contributed by atoms with Crippen molar-refractivity contribution in [2.45, 2.75) is 33.2 Å². The minimum Gasteiger partial charge on any atom is -0.494 e. The van der Waals surface area contributed by atoms with E-state index >= 15 is 0 Å². The molecule has 0 unspecified atom stereocenters. The van der Waals surface area contributed by atoms with Crippen LogP contribution in [0.5, 0.6) is 5.75 Å². The second-order valence-electron chi connectivity index (χ2n) is 6.69. The van der Waals surface area contributed by atoms with Crippen LogP contribution in [0.1, 0.15) is 24.1 Å². The third-order valence-electron chi connectivity index (χ3n) is 4.76. The van der Waals surface area contributed by atoms with Crippen LogP contribution in [0.15, 0.2) is 29.2 Å². The number of benzene rings is 1. The van der Waals surface area contributed by atoms with Crippen molar-refractivity contribution in [2.75, 3.05) is 20.8 Å². The minimum atomic E-state index is -0.447. The minimum absolute atomic E-state index is 0.160. The summed E-state index contributed by atoms with van der Waals surface area (Å²) in [6, 6.07) is 4.89. The molecule has 3 aromatic rings. The van der Waals surface area contributed by atoms with Gasteiger partial charge in [-0.15, -0.1) is 0 Å². The number of methoxy groups -OCH3 is 2. The Morgan fingerprint density at radius 1 is 1.14 bits per heavy atom. The molecule has 7 heteroatoms. The van der Waals surface area contributed by atoms with Gasteiger partial charge in [-0.2, -0.15) is 0 Å². The van der Waals surface area contributed by atoms with Gasteiger partial charge in [-0.3, -0.25) is 9.36 Å². The molecule has 28 heavy (non-hydrogen) atoms. The van der Waals surface area contributed by atoms with E-state index in [9.17, 15) is 9.18 Å². The van der Waals surface area contributed by atoms with Crippen molar-refractivity contribution < 1.29 is 13.9 Å². The standard InChI is InChI=1S/C21H24FN3O3/c1-13-11-18(28-4)17(22)12-16(13)15-7-8-23-20-19(15)24-14(2)21(26)25(20)9-5-6-10-27-3/h7-8,11-12H,5-6,9-10H2,1-4H3. The maximum atomic E-state index is 14.3. The van der Waals surface area contributed by atoms with E-state index in [0.29, 0.717) is 35.6 Å². The highest BCUT2D eigenvalue weighted by atomic mass is 19.1. The van der Waals surface area contributed by atoms with Crippen molar-refractivity contribution in [3.63, 3.8) is 0 Å². The highest BCUT2D eigenvalue weighted by molar-refractivity contribution is 5.90. The van der Waals surface area contributed by atoms with Crippen LogP contribution in [0.2, 0.25) is 0 Å². The molecule has 3 rings (SSSR count). The van der Waals surface area contributed by atoms with Crippen molar-refractivity contribution in [1.82, 2.24) is 14.5 Å². The molecule has 2 heterocycles. The maximum absolute atomic E-state index is 14.3. The van der Waals surface area contributed by atoms with Crippen LogP contribution >= 0.6 is 0 Å². The molecule has 0 N–H and O–H groups in total. The lowest BCUT2D eigenvalue weighted by atomic mass is 9.99. The molecule has 0 aliphatic heterocycles. The first-order valence-electron chi connectivity index (χ1n) is 9.17. The fraction of sp³-hybridized carbons (Fsp3) is 0.381. The zero-order chi connectivity index (χ0) is 20.3. The Morgan fingerprint density at radius 3 is 2.64 bits per heavy atom. The lowest BCUT2D eigenvalue weighted by Gasteiger charge is -2.14. The topological polar surface area (TPSA) is 66.2 Å². The first kappa shape index (κ1) is 19.9.